The fraction of sp³-hybridized carbons (Fsp3) is 0.417. The number of rotatable bonds is 5. The van der Waals surface area contributed by atoms with Crippen LogP contribution < -0.4 is 11.1 Å². The molecule has 0 aromatic heterocycles. The fourth-order valence-corrected chi connectivity index (χ4v) is 1.54. The Morgan fingerprint density at radius 3 is 2.53 bits per heavy atom. The molecular weight excluding hydrogens is 253 g/mol. The lowest BCUT2D eigenvalue weighted by Gasteiger charge is -2.25. The molecule has 0 aliphatic carbocycles. The molecule has 3 N–H and O–H groups in total. The molecule has 0 heterocycles. The van der Waals surface area contributed by atoms with Crippen molar-refractivity contribution >= 4 is 17.3 Å². The summed E-state index contributed by atoms with van der Waals surface area (Å²) in [6.45, 7) is 3.49. The van der Waals surface area contributed by atoms with Crippen molar-refractivity contribution < 1.29 is 14.1 Å². The van der Waals surface area contributed by atoms with Crippen molar-refractivity contribution in [2.45, 2.75) is 32.2 Å². The normalized spacial score (nSPS) is 11.2. The molecule has 6 nitrogen and oxygen atoms in total. The third-order valence-corrected chi connectivity index (χ3v) is 3.12. The van der Waals surface area contributed by atoms with Crippen LogP contribution in [0.1, 0.15) is 26.7 Å². The summed E-state index contributed by atoms with van der Waals surface area (Å²) in [6.07, 6.45) is 0.762. The Bertz CT molecular complexity index is 501. The average molecular weight is 269 g/mol. The summed E-state index contributed by atoms with van der Waals surface area (Å²) in [5.41, 5.74) is 4.21. The van der Waals surface area contributed by atoms with Gasteiger partial charge in [-0.3, -0.25) is 14.9 Å². The van der Waals surface area contributed by atoms with Crippen LogP contribution in [-0.2, 0) is 4.79 Å². The van der Waals surface area contributed by atoms with Gasteiger partial charge in [-0.15, -0.1) is 0 Å². The third kappa shape index (κ3) is 3.25. The van der Waals surface area contributed by atoms with E-state index in [-0.39, 0.29) is 11.4 Å². The summed E-state index contributed by atoms with van der Waals surface area (Å²) in [4.78, 5) is 21.9. The van der Waals surface area contributed by atoms with Crippen molar-refractivity contribution in [3.05, 3.63) is 34.1 Å². The second-order valence-electron chi connectivity index (χ2n) is 4.24. The molecule has 1 amide bonds. The molecule has 19 heavy (non-hydrogen) atoms. The van der Waals surface area contributed by atoms with Crippen LogP contribution in [0.25, 0.3) is 0 Å². The Hall–Kier alpha value is -2.02. The lowest BCUT2D eigenvalue weighted by molar-refractivity contribution is -0.384. The Morgan fingerprint density at radius 2 is 2.05 bits per heavy atom. The number of carbonyl (C=O) groups excluding carboxylic acids is 1. The number of nitro benzene ring substituents is 1. The monoisotopic (exact) mass is 269 g/mol. The first-order valence-corrected chi connectivity index (χ1v) is 5.88. The first kappa shape index (κ1) is 15.0. The third-order valence-electron chi connectivity index (χ3n) is 3.12. The number of carbonyl (C=O) groups is 1. The number of hydrogen-bond acceptors (Lipinski definition) is 4. The van der Waals surface area contributed by atoms with Crippen LogP contribution >= 0.6 is 0 Å². The zero-order valence-electron chi connectivity index (χ0n) is 10.8. The Morgan fingerprint density at radius 1 is 1.47 bits per heavy atom. The Balaban J connectivity index is 3.02. The molecule has 104 valence electrons. The van der Waals surface area contributed by atoms with Crippen LogP contribution in [-0.4, -0.2) is 16.4 Å². The predicted octanol–water partition coefficient (Wildman–Crippen LogP) is 2.19. The minimum absolute atomic E-state index is 0.240. The van der Waals surface area contributed by atoms with Gasteiger partial charge in [0.25, 0.3) is 5.69 Å². The van der Waals surface area contributed by atoms with Gasteiger partial charge in [-0.2, -0.15) is 0 Å². The maximum atomic E-state index is 13.5. The summed E-state index contributed by atoms with van der Waals surface area (Å²) in [5, 5.41) is 12.9. The van der Waals surface area contributed by atoms with Crippen molar-refractivity contribution in [2.75, 3.05) is 5.32 Å². The molecule has 0 saturated carbocycles. The highest BCUT2D eigenvalue weighted by Crippen LogP contribution is 2.23. The van der Waals surface area contributed by atoms with Crippen molar-refractivity contribution in [2.24, 2.45) is 5.73 Å². The van der Waals surface area contributed by atoms with Gasteiger partial charge in [0.1, 0.15) is 5.82 Å². The lowest BCUT2D eigenvalue weighted by atomic mass is 9.93. The summed E-state index contributed by atoms with van der Waals surface area (Å²) in [7, 11) is 0. The minimum Gasteiger partial charge on any atom is -0.322 e. The van der Waals surface area contributed by atoms with E-state index in [4.69, 9.17) is 5.73 Å². The van der Waals surface area contributed by atoms with E-state index in [0.717, 1.165) is 18.2 Å². The van der Waals surface area contributed by atoms with E-state index in [9.17, 15) is 19.3 Å². The van der Waals surface area contributed by atoms with Crippen molar-refractivity contribution in [1.82, 2.24) is 0 Å². The van der Waals surface area contributed by atoms with Gasteiger partial charge < -0.3 is 11.1 Å². The molecule has 0 radical (unpaired) electrons. The van der Waals surface area contributed by atoms with Gasteiger partial charge in [0.05, 0.1) is 16.1 Å². The molecule has 0 atom stereocenters. The molecule has 0 bridgehead atoms. The number of nitrogens with two attached hydrogens (primary N) is 1. The molecule has 1 aromatic carbocycles. The highest BCUT2D eigenvalue weighted by atomic mass is 19.1. The number of nitrogens with zero attached hydrogens (tertiary/aromatic N) is 1. The lowest BCUT2D eigenvalue weighted by Crippen LogP contribution is -2.50. The first-order chi connectivity index (χ1) is 8.84. The fourth-order valence-electron chi connectivity index (χ4n) is 1.54. The molecule has 0 aliphatic rings. The molecule has 0 spiro atoms. The highest BCUT2D eigenvalue weighted by Gasteiger charge is 2.30. The van der Waals surface area contributed by atoms with Gasteiger partial charge in [0.15, 0.2) is 0 Å². The molecule has 1 aromatic rings. The number of non-ortho nitro benzene ring substituents is 1. The second-order valence-corrected chi connectivity index (χ2v) is 4.24. The van der Waals surface area contributed by atoms with E-state index >= 15 is 0 Å². The van der Waals surface area contributed by atoms with Gasteiger partial charge in [-0.05, 0) is 18.9 Å². The number of nitrogens with one attached hydrogen (secondary N) is 1. The molecule has 7 heteroatoms. The van der Waals surface area contributed by atoms with Crippen molar-refractivity contribution in [3.63, 3.8) is 0 Å². The largest absolute Gasteiger partial charge is 0.322 e. The minimum atomic E-state index is -1.11. The average Bonchev–Trinajstić information content (AvgIpc) is 2.39. The number of benzene rings is 1. The van der Waals surface area contributed by atoms with Gasteiger partial charge >= 0.3 is 0 Å². The number of amides is 1. The van der Waals surface area contributed by atoms with Crippen LogP contribution in [0.4, 0.5) is 15.8 Å². The molecular formula is C12H16FN3O3. The molecule has 0 unspecified atom stereocenters. The zero-order chi connectivity index (χ0) is 14.6. The smallest absolute Gasteiger partial charge is 0.271 e. The Kier molecular flexibility index (Phi) is 4.55. The van der Waals surface area contributed by atoms with Crippen molar-refractivity contribution in [1.29, 1.82) is 0 Å². The van der Waals surface area contributed by atoms with Crippen molar-refractivity contribution in [3.8, 4) is 0 Å². The zero-order valence-corrected chi connectivity index (χ0v) is 10.8. The molecule has 0 fully saturated rings. The SMILES string of the molecule is CCC(N)(CC)C(=O)Nc1cc([N+](=O)[O-])ccc1F. The van der Waals surface area contributed by atoms with Gasteiger partial charge in [-0.1, -0.05) is 13.8 Å². The van der Waals surface area contributed by atoms with Crippen LogP contribution in [0, 0.1) is 15.9 Å². The van der Waals surface area contributed by atoms with Gasteiger partial charge in [0.2, 0.25) is 5.91 Å². The number of anilines is 1. The van der Waals surface area contributed by atoms with Crippen LogP contribution in [0.3, 0.4) is 0 Å². The standard InChI is InChI=1S/C12H16FN3O3/c1-3-12(14,4-2)11(17)15-10-7-8(16(18)19)5-6-9(10)13/h5-7H,3-4,14H2,1-2H3,(H,15,17). The Labute approximate surface area is 109 Å². The van der Waals surface area contributed by atoms with Crippen LogP contribution in [0.15, 0.2) is 18.2 Å². The quantitative estimate of drug-likeness (QED) is 0.632. The van der Waals surface area contributed by atoms with Gasteiger partial charge in [0, 0.05) is 12.1 Å². The molecule has 1 rings (SSSR count). The van der Waals surface area contributed by atoms with E-state index in [1.54, 1.807) is 13.8 Å². The summed E-state index contributed by atoms with van der Waals surface area (Å²) < 4.78 is 13.5. The maximum absolute atomic E-state index is 13.5. The molecule has 0 aliphatic heterocycles. The van der Waals surface area contributed by atoms with E-state index in [1.165, 1.54) is 0 Å². The van der Waals surface area contributed by atoms with Crippen LogP contribution in [0.5, 0.6) is 0 Å². The summed E-state index contributed by atoms with van der Waals surface area (Å²) in [6, 6.07) is 2.93. The second kappa shape index (κ2) is 5.75. The van der Waals surface area contributed by atoms with Gasteiger partial charge in [-0.25, -0.2) is 4.39 Å². The van der Waals surface area contributed by atoms with E-state index < -0.39 is 22.2 Å². The van der Waals surface area contributed by atoms with Crippen LogP contribution in [0.2, 0.25) is 0 Å². The molecule has 0 saturated heterocycles. The first-order valence-electron chi connectivity index (χ1n) is 5.88. The predicted molar refractivity (Wildman–Crippen MR) is 69.2 cm³/mol. The maximum Gasteiger partial charge on any atom is 0.271 e. The van der Waals surface area contributed by atoms with E-state index in [0.29, 0.717) is 12.8 Å². The number of halogens is 1. The summed E-state index contributed by atoms with van der Waals surface area (Å²) >= 11 is 0. The number of nitro groups is 1. The number of hydrogen-bond donors (Lipinski definition) is 2. The highest BCUT2D eigenvalue weighted by molar-refractivity contribution is 5.98. The van der Waals surface area contributed by atoms with E-state index in [2.05, 4.69) is 5.32 Å². The van der Waals surface area contributed by atoms with E-state index in [1.807, 2.05) is 0 Å². The topological polar surface area (TPSA) is 98.3 Å². The summed E-state index contributed by atoms with van der Waals surface area (Å²) in [5.74, 6) is -1.30.